The van der Waals surface area contributed by atoms with Gasteiger partial charge in [-0.15, -0.1) is 11.3 Å². The third kappa shape index (κ3) is 6.26. The molecule has 92 valence electrons. The van der Waals surface area contributed by atoms with Gasteiger partial charge in [-0.2, -0.15) is 0 Å². The maximum absolute atomic E-state index is 5.76. The minimum absolute atomic E-state index is 0.353. The Balaban J connectivity index is 2.00. The largest absolute Gasteiger partial charge is 0.378 e. The average Bonchev–Trinajstić information content (AvgIpc) is 2.70. The molecule has 0 saturated carbocycles. The summed E-state index contributed by atoms with van der Waals surface area (Å²) < 4.78 is 5.76. The van der Waals surface area contributed by atoms with Crippen molar-refractivity contribution in [2.75, 3.05) is 13.2 Å². The first-order valence-corrected chi connectivity index (χ1v) is 6.94. The summed E-state index contributed by atoms with van der Waals surface area (Å²) in [7, 11) is 0. The summed E-state index contributed by atoms with van der Waals surface area (Å²) in [5.41, 5.74) is 0. The van der Waals surface area contributed by atoms with Crippen molar-refractivity contribution in [3.8, 4) is 0 Å². The van der Waals surface area contributed by atoms with Gasteiger partial charge >= 0.3 is 0 Å². The van der Waals surface area contributed by atoms with E-state index in [1.807, 2.05) is 0 Å². The van der Waals surface area contributed by atoms with Gasteiger partial charge < -0.3 is 10.1 Å². The average molecular weight is 241 g/mol. The Hall–Kier alpha value is -0.380. The Labute approximate surface area is 103 Å². The fourth-order valence-electron chi connectivity index (χ4n) is 1.47. The quantitative estimate of drug-likeness (QED) is 0.755. The Morgan fingerprint density at radius 2 is 2.19 bits per heavy atom. The van der Waals surface area contributed by atoms with Gasteiger partial charge in [0.2, 0.25) is 0 Å². The second-order valence-electron chi connectivity index (χ2n) is 4.41. The molecule has 1 atom stereocenters. The van der Waals surface area contributed by atoms with Crippen LogP contribution in [0.15, 0.2) is 17.5 Å². The van der Waals surface area contributed by atoms with Gasteiger partial charge in [-0.05, 0) is 31.3 Å². The highest BCUT2D eigenvalue weighted by molar-refractivity contribution is 7.09. The van der Waals surface area contributed by atoms with E-state index in [1.54, 1.807) is 11.3 Å². The fraction of sp³-hybridized carbons (Fsp3) is 0.692. The lowest BCUT2D eigenvalue weighted by Gasteiger charge is -2.14. The molecule has 1 N–H and O–H groups in total. The van der Waals surface area contributed by atoms with E-state index in [1.165, 1.54) is 4.88 Å². The van der Waals surface area contributed by atoms with E-state index in [0.717, 1.165) is 26.0 Å². The van der Waals surface area contributed by atoms with Crippen molar-refractivity contribution in [3.63, 3.8) is 0 Å². The van der Waals surface area contributed by atoms with Crippen LogP contribution < -0.4 is 5.32 Å². The molecular formula is C13H23NOS. The molecule has 0 aliphatic rings. The summed E-state index contributed by atoms with van der Waals surface area (Å²) >= 11 is 1.80. The maximum atomic E-state index is 5.76. The van der Waals surface area contributed by atoms with E-state index in [2.05, 4.69) is 43.6 Å². The van der Waals surface area contributed by atoms with Crippen LogP contribution in [-0.4, -0.2) is 25.3 Å². The molecule has 0 aromatic carbocycles. The highest BCUT2D eigenvalue weighted by Crippen LogP contribution is 2.09. The van der Waals surface area contributed by atoms with Crippen LogP contribution in [0.5, 0.6) is 0 Å². The molecule has 0 fully saturated rings. The highest BCUT2D eigenvalue weighted by Gasteiger charge is 2.03. The summed E-state index contributed by atoms with van der Waals surface area (Å²) in [5, 5.41) is 5.52. The van der Waals surface area contributed by atoms with Crippen molar-refractivity contribution in [2.24, 2.45) is 0 Å². The van der Waals surface area contributed by atoms with Gasteiger partial charge in [0, 0.05) is 17.3 Å². The van der Waals surface area contributed by atoms with E-state index in [0.29, 0.717) is 12.1 Å². The summed E-state index contributed by atoms with van der Waals surface area (Å²) in [6.45, 7) is 8.36. The van der Waals surface area contributed by atoms with E-state index >= 15 is 0 Å². The molecule has 1 aromatic rings. The van der Waals surface area contributed by atoms with Gasteiger partial charge in [0.1, 0.15) is 0 Å². The van der Waals surface area contributed by atoms with Crippen LogP contribution in [0.2, 0.25) is 0 Å². The molecule has 1 heterocycles. The van der Waals surface area contributed by atoms with Gasteiger partial charge in [-0.25, -0.2) is 0 Å². The molecule has 16 heavy (non-hydrogen) atoms. The number of nitrogens with one attached hydrogen (secondary N) is 1. The number of hydrogen-bond donors (Lipinski definition) is 1. The lowest BCUT2D eigenvalue weighted by atomic mass is 10.2. The molecule has 0 radical (unpaired) electrons. The number of hydrogen-bond acceptors (Lipinski definition) is 3. The van der Waals surface area contributed by atoms with Crippen LogP contribution >= 0.6 is 11.3 Å². The molecule has 1 aromatic heterocycles. The maximum Gasteiger partial charge on any atom is 0.0559 e. The van der Waals surface area contributed by atoms with Crippen molar-refractivity contribution >= 4 is 11.3 Å². The van der Waals surface area contributed by atoms with Gasteiger partial charge in [0.05, 0.1) is 12.7 Å². The molecule has 0 aliphatic heterocycles. The summed E-state index contributed by atoms with van der Waals surface area (Å²) in [4.78, 5) is 1.41. The Kier molecular flexibility index (Phi) is 6.69. The molecule has 2 nitrogen and oxygen atoms in total. The zero-order valence-electron chi connectivity index (χ0n) is 10.5. The molecule has 0 saturated heterocycles. The van der Waals surface area contributed by atoms with Crippen molar-refractivity contribution in [1.29, 1.82) is 0 Å². The van der Waals surface area contributed by atoms with Crippen LogP contribution in [0.3, 0.4) is 0 Å². The third-order valence-corrected chi connectivity index (χ3v) is 3.37. The van der Waals surface area contributed by atoms with E-state index in [4.69, 9.17) is 4.74 Å². The molecule has 1 rings (SSSR count). The number of thiophene rings is 1. The molecule has 0 bridgehead atoms. The molecule has 3 heteroatoms. The van der Waals surface area contributed by atoms with Crippen LogP contribution in [0.25, 0.3) is 0 Å². The summed E-state index contributed by atoms with van der Waals surface area (Å²) in [6.07, 6.45) is 2.48. The third-order valence-electron chi connectivity index (χ3n) is 2.43. The summed E-state index contributed by atoms with van der Waals surface area (Å²) in [5.74, 6) is 0. The highest BCUT2D eigenvalue weighted by atomic mass is 32.1. The number of ether oxygens (including phenoxy) is 1. The normalized spacial score (nSPS) is 13.2. The van der Waals surface area contributed by atoms with Crippen molar-refractivity contribution in [1.82, 2.24) is 5.32 Å². The van der Waals surface area contributed by atoms with Crippen molar-refractivity contribution in [2.45, 2.75) is 45.8 Å². The number of rotatable bonds is 8. The first-order chi connectivity index (χ1) is 7.68. The lowest BCUT2D eigenvalue weighted by molar-refractivity contribution is 0.0627. The molecular weight excluding hydrogens is 218 g/mol. The minimum Gasteiger partial charge on any atom is -0.378 e. The van der Waals surface area contributed by atoms with E-state index in [9.17, 15) is 0 Å². The standard InChI is InChI=1S/C13H23NOS/c1-11(2)14-8-6-12(3)15-9-7-13-5-4-10-16-13/h4-5,10-12,14H,6-9H2,1-3H3. The zero-order chi connectivity index (χ0) is 11.8. The summed E-state index contributed by atoms with van der Waals surface area (Å²) in [6, 6.07) is 4.83. The van der Waals surface area contributed by atoms with Crippen LogP contribution in [-0.2, 0) is 11.2 Å². The Morgan fingerprint density at radius 1 is 1.38 bits per heavy atom. The second kappa shape index (κ2) is 7.82. The second-order valence-corrected chi connectivity index (χ2v) is 5.44. The topological polar surface area (TPSA) is 21.3 Å². The molecule has 0 amide bonds. The fourth-order valence-corrected chi connectivity index (χ4v) is 2.16. The molecule has 1 unspecified atom stereocenters. The van der Waals surface area contributed by atoms with Gasteiger partial charge in [-0.1, -0.05) is 19.9 Å². The van der Waals surface area contributed by atoms with E-state index < -0.39 is 0 Å². The SMILES string of the molecule is CC(C)NCCC(C)OCCc1cccs1. The predicted octanol–water partition coefficient (Wildman–Crippen LogP) is 3.08. The van der Waals surface area contributed by atoms with Crippen LogP contribution in [0.1, 0.15) is 32.1 Å². The van der Waals surface area contributed by atoms with Gasteiger partial charge in [-0.3, -0.25) is 0 Å². The molecule has 0 spiro atoms. The predicted molar refractivity (Wildman–Crippen MR) is 71.2 cm³/mol. The van der Waals surface area contributed by atoms with Crippen molar-refractivity contribution < 1.29 is 4.74 Å². The van der Waals surface area contributed by atoms with Crippen LogP contribution in [0, 0.1) is 0 Å². The zero-order valence-corrected chi connectivity index (χ0v) is 11.3. The van der Waals surface area contributed by atoms with E-state index in [-0.39, 0.29) is 0 Å². The lowest BCUT2D eigenvalue weighted by Crippen LogP contribution is -2.26. The van der Waals surface area contributed by atoms with Gasteiger partial charge in [0.25, 0.3) is 0 Å². The van der Waals surface area contributed by atoms with Gasteiger partial charge in [0.15, 0.2) is 0 Å². The smallest absolute Gasteiger partial charge is 0.0559 e. The van der Waals surface area contributed by atoms with Crippen LogP contribution in [0.4, 0.5) is 0 Å². The Bertz CT molecular complexity index is 259. The first-order valence-electron chi connectivity index (χ1n) is 6.06. The molecule has 0 aliphatic carbocycles. The Morgan fingerprint density at radius 3 is 2.81 bits per heavy atom. The monoisotopic (exact) mass is 241 g/mol. The van der Waals surface area contributed by atoms with Crippen molar-refractivity contribution in [3.05, 3.63) is 22.4 Å². The minimum atomic E-state index is 0.353. The first kappa shape index (κ1) is 13.7.